The molecule has 6 heteroatoms. The molecule has 1 N–H and O–H groups in total. The summed E-state index contributed by atoms with van der Waals surface area (Å²) in [4.78, 5) is 2.49. The average Bonchev–Trinajstić information content (AvgIpc) is 3.24. The molecule has 0 bridgehead atoms. The number of nitrogens with one attached hydrogen (secondary N) is 1. The number of hydrogen-bond acceptors (Lipinski definition) is 4. The van der Waals surface area contributed by atoms with Crippen LogP contribution in [0.2, 0.25) is 0 Å². The van der Waals surface area contributed by atoms with Gasteiger partial charge in [-0.1, -0.05) is 42.5 Å². The lowest BCUT2D eigenvalue weighted by Crippen LogP contribution is -2.22. The molecule has 0 amide bonds. The molecule has 1 aliphatic heterocycles. The van der Waals surface area contributed by atoms with Crippen LogP contribution in [0, 0.1) is 0 Å². The molecule has 1 saturated heterocycles. The van der Waals surface area contributed by atoms with Crippen molar-refractivity contribution in [3.8, 4) is 11.1 Å². The third kappa shape index (κ3) is 4.44. The quantitative estimate of drug-likeness (QED) is 0.658. The second-order valence-corrected chi connectivity index (χ2v) is 8.82. The van der Waals surface area contributed by atoms with E-state index in [-0.39, 0.29) is 11.0 Å². The topological polar surface area (TPSA) is 58.6 Å². The van der Waals surface area contributed by atoms with E-state index in [1.807, 2.05) is 48.5 Å². The maximum atomic E-state index is 12.9. The van der Waals surface area contributed by atoms with Crippen LogP contribution < -0.4 is 9.62 Å². The van der Waals surface area contributed by atoms with Crippen molar-refractivity contribution >= 4 is 21.4 Å². The van der Waals surface area contributed by atoms with Crippen LogP contribution in [0.4, 0.5) is 11.4 Å². The van der Waals surface area contributed by atoms with Crippen LogP contribution in [0.1, 0.15) is 6.42 Å². The van der Waals surface area contributed by atoms with Gasteiger partial charge in [0.1, 0.15) is 0 Å². The second kappa shape index (κ2) is 8.27. The number of hydrogen-bond donors (Lipinski definition) is 1. The molecule has 1 atom stereocenters. The lowest BCUT2D eigenvalue weighted by atomic mass is 10.1. The number of sulfonamides is 1. The van der Waals surface area contributed by atoms with Crippen molar-refractivity contribution < 1.29 is 13.2 Å². The van der Waals surface area contributed by atoms with Gasteiger partial charge in [0.05, 0.1) is 11.0 Å². The minimum Gasteiger partial charge on any atom is -0.380 e. The first-order chi connectivity index (χ1) is 14.0. The fraction of sp³-hybridized carbons (Fsp3) is 0.217. The molecule has 1 fully saturated rings. The van der Waals surface area contributed by atoms with Crippen molar-refractivity contribution in [1.82, 2.24) is 0 Å². The highest BCUT2D eigenvalue weighted by atomic mass is 32.2. The Bertz CT molecular complexity index is 1070. The fourth-order valence-electron chi connectivity index (χ4n) is 3.58. The minimum absolute atomic E-state index is 0.241. The summed E-state index contributed by atoms with van der Waals surface area (Å²) in [6.07, 6.45) is 1.26. The normalized spacial score (nSPS) is 16.7. The Kier molecular flexibility index (Phi) is 5.56. The molecule has 150 valence electrons. The predicted molar refractivity (Wildman–Crippen MR) is 117 cm³/mol. The van der Waals surface area contributed by atoms with Gasteiger partial charge >= 0.3 is 0 Å². The van der Waals surface area contributed by atoms with Crippen LogP contribution in [0.5, 0.6) is 0 Å². The summed E-state index contributed by atoms with van der Waals surface area (Å²) in [5.74, 6) is 0. The number of nitrogens with zero attached hydrogens (tertiary/aromatic N) is 1. The standard InChI is InChI=1S/C23H24N2O3S/c1-28-22-14-15-25(17-22)21-12-10-20(11-13-21)24-29(26,27)23-9-5-8-19(16-23)18-6-3-2-4-7-18/h2-13,16,22,24H,14-15,17H2,1H3. The Hall–Kier alpha value is -2.83. The summed E-state index contributed by atoms with van der Waals surface area (Å²) in [6, 6.07) is 24.2. The molecule has 1 unspecified atom stereocenters. The lowest BCUT2D eigenvalue weighted by Gasteiger charge is -2.19. The minimum atomic E-state index is -3.67. The van der Waals surface area contributed by atoms with E-state index in [1.54, 1.807) is 37.4 Å². The number of anilines is 2. The van der Waals surface area contributed by atoms with Crippen LogP contribution in [0.3, 0.4) is 0 Å². The van der Waals surface area contributed by atoms with Gasteiger partial charge in [-0.15, -0.1) is 0 Å². The van der Waals surface area contributed by atoms with E-state index in [0.717, 1.165) is 36.3 Å². The summed E-state index contributed by atoms with van der Waals surface area (Å²) in [6.45, 7) is 1.80. The van der Waals surface area contributed by atoms with Crippen molar-refractivity contribution in [2.45, 2.75) is 17.4 Å². The second-order valence-electron chi connectivity index (χ2n) is 7.14. The Morgan fingerprint density at radius 1 is 0.931 bits per heavy atom. The summed E-state index contributed by atoms with van der Waals surface area (Å²) >= 11 is 0. The first kappa shape index (κ1) is 19.5. The van der Waals surface area contributed by atoms with Crippen LogP contribution in [-0.4, -0.2) is 34.7 Å². The number of rotatable bonds is 6. The zero-order valence-corrected chi connectivity index (χ0v) is 17.1. The van der Waals surface area contributed by atoms with E-state index in [2.05, 4.69) is 9.62 Å². The lowest BCUT2D eigenvalue weighted by molar-refractivity contribution is 0.121. The molecule has 3 aromatic carbocycles. The molecule has 1 aliphatic rings. The predicted octanol–water partition coefficient (Wildman–Crippen LogP) is 4.38. The van der Waals surface area contributed by atoms with E-state index in [4.69, 9.17) is 4.74 Å². The van der Waals surface area contributed by atoms with Crippen LogP contribution >= 0.6 is 0 Å². The number of methoxy groups -OCH3 is 1. The summed E-state index contributed by atoms with van der Waals surface area (Å²) < 4.78 is 33.8. The zero-order chi connectivity index (χ0) is 20.3. The molecular weight excluding hydrogens is 384 g/mol. The van der Waals surface area contributed by atoms with Gasteiger partial charge in [0.25, 0.3) is 10.0 Å². The van der Waals surface area contributed by atoms with E-state index in [0.29, 0.717) is 5.69 Å². The monoisotopic (exact) mass is 408 g/mol. The smallest absolute Gasteiger partial charge is 0.261 e. The maximum Gasteiger partial charge on any atom is 0.261 e. The molecular formula is C23H24N2O3S. The van der Waals surface area contributed by atoms with Crippen LogP contribution in [-0.2, 0) is 14.8 Å². The van der Waals surface area contributed by atoms with Gasteiger partial charge in [-0.25, -0.2) is 8.42 Å². The van der Waals surface area contributed by atoms with Crippen molar-refractivity contribution in [3.63, 3.8) is 0 Å². The fourth-order valence-corrected chi connectivity index (χ4v) is 4.69. The van der Waals surface area contributed by atoms with Gasteiger partial charge in [-0.05, 0) is 53.9 Å². The molecule has 0 spiro atoms. The Morgan fingerprint density at radius 2 is 1.66 bits per heavy atom. The molecule has 3 aromatic rings. The molecule has 5 nitrogen and oxygen atoms in total. The first-order valence-corrected chi connectivity index (χ1v) is 11.1. The third-order valence-corrected chi connectivity index (χ3v) is 6.59. The van der Waals surface area contributed by atoms with Gasteiger partial charge in [0.15, 0.2) is 0 Å². The zero-order valence-electron chi connectivity index (χ0n) is 16.3. The van der Waals surface area contributed by atoms with Crippen LogP contribution in [0.25, 0.3) is 11.1 Å². The Labute approximate surface area is 172 Å². The molecule has 4 rings (SSSR count). The highest BCUT2D eigenvalue weighted by Gasteiger charge is 2.22. The molecule has 1 heterocycles. The molecule has 0 radical (unpaired) electrons. The molecule has 0 aliphatic carbocycles. The third-order valence-electron chi connectivity index (χ3n) is 5.21. The van der Waals surface area contributed by atoms with Gasteiger partial charge in [0, 0.05) is 31.6 Å². The van der Waals surface area contributed by atoms with Gasteiger partial charge < -0.3 is 9.64 Å². The van der Waals surface area contributed by atoms with Gasteiger partial charge in [0.2, 0.25) is 0 Å². The van der Waals surface area contributed by atoms with E-state index < -0.39 is 10.0 Å². The van der Waals surface area contributed by atoms with Gasteiger partial charge in [-0.2, -0.15) is 0 Å². The highest BCUT2D eigenvalue weighted by molar-refractivity contribution is 7.92. The number of ether oxygens (including phenoxy) is 1. The maximum absolute atomic E-state index is 12.9. The van der Waals surface area contributed by atoms with E-state index in [1.165, 1.54) is 0 Å². The summed E-state index contributed by atoms with van der Waals surface area (Å²) in [5.41, 5.74) is 3.46. The first-order valence-electron chi connectivity index (χ1n) is 9.61. The van der Waals surface area contributed by atoms with E-state index >= 15 is 0 Å². The van der Waals surface area contributed by atoms with Gasteiger partial charge in [-0.3, -0.25) is 4.72 Å². The average molecular weight is 409 g/mol. The van der Waals surface area contributed by atoms with Crippen molar-refractivity contribution in [1.29, 1.82) is 0 Å². The Balaban J connectivity index is 1.50. The van der Waals surface area contributed by atoms with E-state index in [9.17, 15) is 8.42 Å². The van der Waals surface area contributed by atoms with Crippen molar-refractivity contribution in [3.05, 3.63) is 78.9 Å². The SMILES string of the molecule is COC1CCN(c2ccc(NS(=O)(=O)c3cccc(-c4ccccc4)c3)cc2)C1. The molecule has 0 saturated carbocycles. The largest absolute Gasteiger partial charge is 0.380 e. The Morgan fingerprint density at radius 3 is 2.34 bits per heavy atom. The number of benzene rings is 3. The summed E-state index contributed by atoms with van der Waals surface area (Å²) in [7, 11) is -1.94. The highest BCUT2D eigenvalue weighted by Crippen LogP contribution is 2.26. The molecule has 0 aromatic heterocycles. The summed E-state index contributed by atoms with van der Waals surface area (Å²) in [5, 5.41) is 0. The molecule has 29 heavy (non-hydrogen) atoms. The van der Waals surface area contributed by atoms with Crippen molar-refractivity contribution in [2.75, 3.05) is 29.8 Å². The van der Waals surface area contributed by atoms with Crippen molar-refractivity contribution in [2.24, 2.45) is 0 Å². The van der Waals surface area contributed by atoms with Crippen LogP contribution in [0.15, 0.2) is 83.8 Å².